The summed E-state index contributed by atoms with van der Waals surface area (Å²) in [6.45, 7) is 0.113. The maximum Gasteiger partial charge on any atom is 0.356 e. The molecule has 2 aromatic rings. The fourth-order valence-corrected chi connectivity index (χ4v) is 5.02. The number of methoxy groups -OCH3 is 1. The third kappa shape index (κ3) is 3.23. The predicted molar refractivity (Wildman–Crippen MR) is 105 cm³/mol. The number of aromatic nitrogens is 1. The van der Waals surface area contributed by atoms with Crippen molar-refractivity contribution in [3.63, 3.8) is 0 Å². The lowest BCUT2D eigenvalue weighted by Crippen LogP contribution is -2.58. The second-order valence-corrected chi connectivity index (χ2v) is 8.08. The van der Waals surface area contributed by atoms with E-state index in [4.69, 9.17) is 9.47 Å². The first-order chi connectivity index (χ1) is 13.1. The van der Waals surface area contributed by atoms with E-state index >= 15 is 0 Å². The summed E-state index contributed by atoms with van der Waals surface area (Å²) in [6.07, 6.45) is 3.34. The SMILES string of the molecule is COc1ccc(COC(=O)C2=C(c3cccnc3)S[C@@H]3[C@@H](Br)C(=O)N23)cc1. The molecule has 2 aliphatic rings. The number of β-lactam (4-membered cyclic amide) rings is 1. The third-order valence-corrected chi connectivity index (χ3v) is 6.95. The molecule has 0 spiro atoms. The highest BCUT2D eigenvalue weighted by molar-refractivity contribution is 9.10. The van der Waals surface area contributed by atoms with Crippen LogP contribution in [0.25, 0.3) is 4.91 Å². The lowest BCUT2D eigenvalue weighted by molar-refractivity contribution is -0.148. The van der Waals surface area contributed by atoms with Gasteiger partial charge in [0.2, 0.25) is 5.91 Å². The van der Waals surface area contributed by atoms with Crippen LogP contribution in [0.15, 0.2) is 54.5 Å². The minimum absolute atomic E-state index is 0.113. The molecule has 0 radical (unpaired) electrons. The van der Waals surface area contributed by atoms with Crippen molar-refractivity contribution in [2.24, 2.45) is 0 Å². The Kier molecular flexibility index (Phi) is 4.92. The lowest BCUT2D eigenvalue weighted by atomic mass is 10.1. The monoisotopic (exact) mass is 446 g/mol. The van der Waals surface area contributed by atoms with Crippen molar-refractivity contribution in [3.8, 4) is 5.75 Å². The number of carbonyl (C=O) groups is 2. The Bertz CT molecular complexity index is 917. The largest absolute Gasteiger partial charge is 0.497 e. The zero-order valence-corrected chi connectivity index (χ0v) is 16.7. The highest BCUT2D eigenvalue weighted by Crippen LogP contribution is 2.52. The van der Waals surface area contributed by atoms with Crippen LogP contribution in [-0.2, 0) is 20.9 Å². The molecule has 6 nitrogen and oxygen atoms in total. The van der Waals surface area contributed by atoms with E-state index in [2.05, 4.69) is 20.9 Å². The molecule has 1 aromatic carbocycles. The number of hydrogen-bond donors (Lipinski definition) is 0. The van der Waals surface area contributed by atoms with Gasteiger partial charge in [-0.25, -0.2) is 4.79 Å². The molecule has 1 fully saturated rings. The van der Waals surface area contributed by atoms with Crippen LogP contribution in [0.5, 0.6) is 5.75 Å². The number of pyridine rings is 1. The van der Waals surface area contributed by atoms with Gasteiger partial charge in [0.05, 0.1) is 7.11 Å². The van der Waals surface area contributed by atoms with Gasteiger partial charge in [0.25, 0.3) is 0 Å². The van der Waals surface area contributed by atoms with Crippen molar-refractivity contribution >= 4 is 44.5 Å². The molecule has 0 aliphatic carbocycles. The summed E-state index contributed by atoms with van der Waals surface area (Å²) >= 11 is 4.85. The Morgan fingerprint density at radius 1 is 1.30 bits per heavy atom. The summed E-state index contributed by atoms with van der Waals surface area (Å²) in [5.41, 5.74) is 1.91. The number of hydrogen-bond acceptors (Lipinski definition) is 6. The van der Waals surface area contributed by atoms with Gasteiger partial charge in [0.1, 0.15) is 28.3 Å². The Morgan fingerprint density at radius 2 is 2.07 bits per heavy atom. The van der Waals surface area contributed by atoms with Gasteiger partial charge in [0.15, 0.2) is 0 Å². The zero-order valence-electron chi connectivity index (χ0n) is 14.3. The minimum atomic E-state index is -0.521. The molecule has 2 atom stereocenters. The van der Waals surface area contributed by atoms with Crippen LogP contribution < -0.4 is 4.74 Å². The van der Waals surface area contributed by atoms with Crippen LogP contribution in [0.4, 0.5) is 0 Å². The first kappa shape index (κ1) is 18.1. The molecule has 0 bridgehead atoms. The molecule has 0 unspecified atom stereocenters. The first-order valence-electron chi connectivity index (χ1n) is 8.18. The molecule has 0 N–H and O–H groups in total. The zero-order chi connectivity index (χ0) is 19.0. The highest BCUT2D eigenvalue weighted by Gasteiger charge is 2.55. The van der Waals surface area contributed by atoms with Crippen LogP contribution in [-0.4, -0.2) is 39.1 Å². The van der Waals surface area contributed by atoms with Crippen molar-refractivity contribution < 1.29 is 19.1 Å². The molecular weight excluding hydrogens is 432 g/mol. The first-order valence-corrected chi connectivity index (χ1v) is 9.98. The number of alkyl halides is 1. The van der Waals surface area contributed by atoms with Crippen molar-refractivity contribution in [2.75, 3.05) is 7.11 Å². The summed E-state index contributed by atoms with van der Waals surface area (Å²) < 4.78 is 10.6. The molecule has 1 saturated heterocycles. The number of fused-ring (bicyclic) bond motifs is 1. The van der Waals surface area contributed by atoms with E-state index in [9.17, 15) is 9.59 Å². The number of carbonyl (C=O) groups excluding carboxylic acids is 2. The van der Waals surface area contributed by atoms with Crippen molar-refractivity contribution in [3.05, 3.63) is 65.6 Å². The maximum absolute atomic E-state index is 12.8. The average Bonchev–Trinajstić information content (AvgIpc) is 3.09. The summed E-state index contributed by atoms with van der Waals surface area (Å²) in [4.78, 5) is 31.1. The fraction of sp³-hybridized carbons (Fsp3) is 0.211. The van der Waals surface area contributed by atoms with Crippen molar-refractivity contribution in [1.82, 2.24) is 9.88 Å². The van der Waals surface area contributed by atoms with Gasteiger partial charge in [-0.2, -0.15) is 0 Å². The summed E-state index contributed by atoms with van der Waals surface area (Å²) in [5, 5.41) is -0.142. The third-order valence-electron chi connectivity index (χ3n) is 4.32. The molecule has 8 heteroatoms. The second-order valence-electron chi connectivity index (χ2n) is 5.96. The molecule has 3 heterocycles. The lowest BCUT2D eigenvalue weighted by Gasteiger charge is -2.39. The number of nitrogens with zero attached hydrogens (tertiary/aromatic N) is 2. The van der Waals surface area contributed by atoms with E-state index in [0.29, 0.717) is 4.91 Å². The van der Waals surface area contributed by atoms with E-state index < -0.39 is 5.97 Å². The van der Waals surface area contributed by atoms with Gasteiger partial charge in [-0.1, -0.05) is 45.9 Å². The topological polar surface area (TPSA) is 68.7 Å². The van der Waals surface area contributed by atoms with Crippen molar-refractivity contribution in [2.45, 2.75) is 16.8 Å². The van der Waals surface area contributed by atoms with Gasteiger partial charge in [-0.3, -0.25) is 14.7 Å². The number of thioether (sulfide) groups is 1. The van der Waals surface area contributed by atoms with Gasteiger partial charge < -0.3 is 9.47 Å². The minimum Gasteiger partial charge on any atom is -0.497 e. The average molecular weight is 447 g/mol. The second kappa shape index (κ2) is 7.36. The molecule has 1 amide bonds. The summed E-state index contributed by atoms with van der Waals surface area (Å²) in [5.74, 6) is 0.0754. The number of halogens is 1. The van der Waals surface area contributed by atoms with Gasteiger partial charge in [0, 0.05) is 22.9 Å². The van der Waals surface area contributed by atoms with Gasteiger partial charge in [-0.05, 0) is 23.8 Å². The van der Waals surface area contributed by atoms with E-state index in [-0.39, 0.29) is 28.4 Å². The van der Waals surface area contributed by atoms with Gasteiger partial charge in [-0.15, -0.1) is 0 Å². The van der Waals surface area contributed by atoms with E-state index in [1.807, 2.05) is 18.2 Å². The van der Waals surface area contributed by atoms with Crippen LogP contribution in [0.1, 0.15) is 11.1 Å². The molecule has 0 saturated carbocycles. The molecule has 2 aliphatic heterocycles. The Labute approximate surface area is 168 Å². The van der Waals surface area contributed by atoms with Crippen LogP contribution in [0, 0.1) is 0 Å². The van der Waals surface area contributed by atoms with E-state index in [0.717, 1.165) is 16.9 Å². The van der Waals surface area contributed by atoms with Crippen LogP contribution >= 0.6 is 27.7 Å². The van der Waals surface area contributed by atoms with E-state index in [1.165, 1.54) is 16.7 Å². The Morgan fingerprint density at radius 3 is 2.74 bits per heavy atom. The van der Waals surface area contributed by atoms with Crippen LogP contribution in [0.3, 0.4) is 0 Å². The summed E-state index contributed by atoms with van der Waals surface area (Å²) in [7, 11) is 1.59. The van der Waals surface area contributed by atoms with Crippen LogP contribution in [0.2, 0.25) is 0 Å². The standard InChI is InChI=1S/C19H15BrN2O4S/c1-25-13-6-4-11(5-7-13)10-26-19(24)15-16(12-3-2-8-21-9-12)27-18-14(20)17(23)22(15)18/h2-9,14,18H,10H2,1H3/t14-,18+/m0/s1. The molecule has 27 heavy (non-hydrogen) atoms. The van der Waals surface area contributed by atoms with E-state index in [1.54, 1.807) is 37.7 Å². The molecule has 4 rings (SSSR count). The predicted octanol–water partition coefficient (Wildman–Crippen LogP) is 3.18. The highest BCUT2D eigenvalue weighted by atomic mass is 79.9. The maximum atomic E-state index is 12.8. The van der Waals surface area contributed by atoms with Crippen molar-refractivity contribution in [1.29, 1.82) is 0 Å². The Hall–Kier alpha value is -2.32. The molecule has 1 aromatic heterocycles. The van der Waals surface area contributed by atoms with Gasteiger partial charge >= 0.3 is 5.97 Å². The Balaban J connectivity index is 1.57. The molecular formula is C19H15BrN2O4S. The number of ether oxygens (including phenoxy) is 2. The number of benzene rings is 1. The summed E-state index contributed by atoms with van der Waals surface area (Å²) in [6, 6.07) is 10.9. The molecule has 138 valence electrons. The normalized spacial score (nSPS) is 21.0. The number of esters is 1. The number of amides is 1. The number of rotatable bonds is 5. The quantitative estimate of drug-likeness (QED) is 0.399. The fourth-order valence-electron chi connectivity index (χ4n) is 2.90. The smallest absolute Gasteiger partial charge is 0.356 e.